The molecule has 0 saturated heterocycles. The van der Waals surface area contributed by atoms with Gasteiger partial charge >= 0.3 is 29.3 Å². The number of benzene rings is 3. The largest absolute Gasteiger partial charge is 0.540 e. The second kappa shape index (κ2) is 16.9. The van der Waals surface area contributed by atoms with Crippen LogP contribution < -0.4 is 13.8 Å². The second-order valence-corrected chi connectivity index (χ2v) is 17.2. The molecule has 3 atom stereocenters. The summed E-state index contributed by atoms with van der Waals surface area (Å²) in [5.74, 6) is 0.105. The van der Waals surface area contributed by atoms with E-state index in [0.29, 0.717) is 11.5 Å². The molecule has 3 rings (SSSR count). The van der Waals surface area contributed by atoms with Crippen molar-refractivity contribution in [2.45, 2.75) is 5.78 Å². The molecule has 246 valence electrons. The van der Waals surface area contributed by atoms with Crippen molar-refractivity contribution in [3.05, 3.63) is 89.5 Å². The van der Waals surface area contributed by atoms with Crippen molar-refractivity contribution in [2.75, 3.05) is 34.5 Å². The molecule has 3 unspecified atom stereocenters. The molecule has 0 heterocycles. The zero-order valence-electron chi connectivity index (χ0n) is 25.0. The van der Waals surface area contributed by atoms with Crippen molar-refractivity contribution < 1.29 is 42.5 Å². The molecule has 14 nitrogen and oxygen atoms in total. The molecule has 0 amide bonds. The zero-order valence-corrected chi connectivity index (χ0v) is 30.2. The van der Waals surface area contributed by atoms with E-state index in [0.717, 1.165) is 21.8 Å². The van der Waals surface area contributed by atoms with Crippen LogP contribution in [0.3, 0.4) is 0 Å². The van der Waals surface area contributed by atoms with Crippen LogP contribution in [0.1, 0.15) is 22.5 Å². The fourth-order valence-electron chi connectivity index (χ4n) is 3.76. The first kappa shape index (κ1) is 37.8. The number of methoxy groups -OCH3 is 1. The third-order valence-electron chi connectivity index (χ3n) is 5.91. The summed E-state index contributed by atoms with van der Waals surface area (Å²) in [6.07, 6.45) is 2.46. The van der Waals surface area contributed by atoms with Crippen LogP contribution in [0.15, 0.2) is 83.0 Å². The van der Waals surface area contributed by atoms with Crippen LogP contribution in [-0.4, -0.2) is 81.0 Å². The first-order chi connectivity index (χ1) is 21.6. The summed E-state index contributed by atoms with van der Waals surface area (Å²) in [5, 5.41) is 8.70. The first-order valence-corrected chi connectivity index (χ1v) is 21.0. The molecule has 0 aliphatic rings. The second-order valence-electron chi connectivity index (χ2n) is 9.56. The van der Waals surface area contributed by atoms with Crippen molar-refractivity contribution >= 4 is 65.4 Å². The molecule has 0 radical (unpaired) electrons. The van der Waals surface area contributed by atoms with Gasteiger partial charge in [0.25, 0.3) is 0 Å². The Bertz CT molecular complexity index is 1650. The molecular formula is C26H33N5O9P4S2+2. The molecule has 0 aliphatic heterocycles. The van der Waals surface area contributed by atoms with E-state index in [-0.39, 0.29) is 5.56 Å². The molecule has 0 aliphatic carbocycles. The lowest BCUT2D eigenvalue weighted by molar-refractivity contribution is 0.258. The van der Waals surface area contributed by atoms with Gasteiger partial charge in [0.05, 0.1) is 33.6 Å². The summed E-state index contributed by atoms with van der Waals surface area (Å²) < 4.78 is 43.3. The Kier molecular flexibility index (Phi) is 13.9. The van der Waals surface area contributed by atoms with Gasteiger partial charge in [0.1, 0.15) is 17.8 Å². The fraction of sp³-hybridized carbons (Fsp3) is 0.231. The summed E-state index contributed by atoms with van der Waals surface area (Å²) in [7, 11) is -6.23. The topological polar surface area (TPSA) is 177 Å². The van der Waals surface area contributed by atoms with Crippen LogP contribution in [0.5, 0.6) is 17.2 Å². The molecule has 0 saturated carbocycles. The summed E-state index contributed by atoms with van der Waals surface area (Å²) in [4.78, 5) is 39.0. The predicted molar refractivity (Wildman–Crippen MR) is 186 cm³/mol. The van der Waals surface area contributed by atoms with E-state index in [1.54, 1.807) is 62.7 Å². The van der Waals surface area contributed by atoms with Gasteiger partial charge in [-0.2, -0.15) is 0 Å². The average molecular weight is 748 g/mol. The van der Waals surface area contributed by atoms with E-state index in [1.807, 2.05) is 24.3 Å². The molecular weight excluding hydrogens is 714 g/mol. The number of hydrogen-bond acceptors (Lipinski definition) is 10. The van der Waals surface area contributed by atoms with E-state index in [2.05, 4.69) is 10.2 Å². The van der Waals surface area contributed by atoms with E-state index >= 15 is 0 Å². The van der Waals surface area contributed by atoms with Crippen molar-refractivity contribution in [1.29, 1.82) is 0 Å². The van der Waals surface area contributed by atoms with Crippen LogP contribution in [0.2, 0.25) is 0 Å². The normalized spacial score (nSPS) is 13.5. The Balaban J connectivity index is 1.54. The number of rotatable bonds is 16. The molecule has 0 bridgehead atoms. The maximum Gasteiger partial charge on any atom is 0.540 e. The van der Waals surface area contributed by atoms with Crippen LogP contribution >= 0.6 is 29.3 Å². The van der Waals surface area contributed by atoms with Crippen LogP contribution in [0.25, 0.3) is 0 Å². The standard InChI is InChI=1S/C26H31N5O9P4S2/c1-29(19-43(32,33)34)26(44(35,36)37)22-9-15-25(16-10-22)40-42(46)31(3)28-18-21-7-13-24(14-8-21)39-41(45)30(2)27-17-20-5-11-23(38-4)12-6-20/h5-18,26H,19H2,1-4H3,(H2-2,32,33,34,35,36,37)/p+2/b27-17+,28-18+. The Hall–Kier alpha value is -2.70. The van der Waals surface area contributed by atoms with Gasteiger partial charge < -0.3 is 24.3 Å². The van der Waals surface area contributed by atoms with Crippen LogP contribution in [0.4, 0.5) is 0 Å². The summed E-state index contributed by atoms with van der Waals surface area (Å²) in [6.45, 7) is 0. The summed E-state index contributed by atoms with van der Waals surface area (Å²) >= 11 is 10.9. The minimum Gasteiger partial charge on any atom is -0.497 e. The van der Waals surface area contributed by atoms with Crippen LogP contribution in [0, 0.1) is 0 Å². The van der Waals surface area contributed by atoms with E-state index < -0.39 is 41.4 Å². The minimum absolute atomic E-state index is 0.153. The Morgan fingerprint density at radius 2 is 1.13 bits per heavy atom. The molecule has 20 heteroatoms. The van der Waals surface area contributed by atoms with Gasteiger partial charge in [-0.05, 0) is 84.4 Å². The zero-order chi connectivity index (χ0) is 34.1. The lowest BCUT2D eigenvalue weighted by Crippen LogP contribution is -2.25. The van der Waals surface area contributed by atoms with Gasteiger partial charge in [-0.15, -0.1) is 10.2 Å². The SMILES string of the molecule is COc1ccc(/C=N/N(C)[P+](=S)Oc2ccc(/C=N/N(C)[P+](=S)Oc3ccc(C(N(C)CP(=O)(O)O)P(=O)(O)O)cc3)cc2)cc1. The number of hydrazone groups is 2. The van der Waals surface area contributed by atoms with E-state index in [9.17, 15) is 28.7 Å². The lowest BCUT2D eigenvalue weighted by atomic mass is 10.2. The summed E-state index contributed by atoms with van der Waals surface area (Å²) in [5.41, 5.74) is 1.81. The van der Waals surface area contributed by atoms with Crippen molar-refractivity contribution in [1.82, 2.24) is 14.5 Å². The fourth-order valence-corrected chi connectivity index (χ4v) is 7.67. The number of ether oxygens (including phenoxy) is 1. The van der Waals surface area contributed by atoms with E-state index in [4.69, 9.17) is 37.4 Å². The molecule has 3 aromatic rings. The minimum atomic E-state index is -4.79. The third-order valence-corrected chi connectivity index (χ3v) is 11.8. The van der Waals surface area contributed by atoms with Gasteiger partial charge in [0.2, 0.25) is 23.6 Å². The Morgan fingerprint density at radius 1 is 0.739 bits per heavy atom. The van der Waals surface area contributed by atoms with Gasteiger partial charge in [0.15, 0.2) is 11.5 Å². The van der Waals surface area contributed by atoms with Crippen molar-refractivity contribution in [3.63, 3.8) is 0 Å². The highest BCUT2D eigenvalue weighted by atomic mass is 32.4. The lowest BCUT2D eigenvalue weighted by Gasteiger charge is -2.28. The van der Waals surface area contributed by atoms with Crippen molar-refractivity contribution in [2.24, 2.45) is 10.2 Å². The van der Waals surface area contributed by atoms with Crippen LogP contribution in [-0.2, 0) is 32.7 Å². The monoisotopic (exact) mass is 747 g/mol. The molecule has 0 fully saturated rings. The van der Waals surface area contributed by atoms with Gasteiger partial charge in [-0.25, -0.2) is 0 Å². The average Bonchev–Trinajstić information content (AvgIpc) is 2.98. The summed E-state index contributed by atoms with van der Waals surface area (Å²) in [6, 6.07) is 20.3. The first-order valence-electron chi connectivity index (χ1n) is 13.1. The highest BCUT2D eigenvalue weighted by Crippen LogP contribution is 2.55. The Labute approximate surface area is 278 Å². The molecule has 46 heavy (non-hydrogen) atoms. The van der Waals surface area contributed by atoms with Crippen molar-refractivity contribution in [3.8, 4) is 17.2 Å². The van der Waals surface area contributed by atoms with Gasteiger partial charge in [0, 0.05) is 0 Å². The maximum absolute atomic E-state index is 12.1. The molecule has 0 aromatic heterocycles. The van der Waals surface area contributed by atoms with E-state index in [1.165, 1.54) is 36.1 Å². The smallest absolute Gasteiger partial charge is 0.497 e. The maximum atomic E-state index is 12.1. The molecule has 4 N–H and O–H groups in total. The number of hydrogen-bond donors (Lipinski definition) is 4. The molecule has 0 spiro atoms. The molecule has 3 aromatic carbocycles. The highest BCUT2D eigenvalue weighted by Gasteiger charge is 2.37. The Morgan fingerprint density at radius 3 is 1.50 bits per heavy atom. The van der Waals surface area contributed by atoms with Gasteiger partial charge in [-0.1, -0.05) is 21.7 Å². The third kappa shape index (κ3) is 12.2. The number of nitrogens with zero attached hydrogens (tertiary/aromatic N) is 5. The quantitative estimate of drug-likeness (QED) is 0.0857. The predicted octanol–water partition coefficient (Wildman–Crippen LogP) is 5.18. The van der Waals surface area contributed by atoms with Gasteiger partial charge in [-0.3, -0.25) is 23.1 Å². The highest BCUT2D eigenvalue weighted by molar-refractivity contribution is 8.02.